The second-order valence-corrected chi connectivity index (χ2v) is 7.83. The van der Waals surface area contributed by atoms with Crippen LogP contribution in [0.1, 0.15) is 18.5 Å². The lowest BCUT2D eigenvalue weighted by Gasteiger charge is -2.35. The summed E-state index contributed by atoms with van der Waals surface area (Å²) in [5.74, 6) is 3.00. The number of ether oxygens (including phenoxy) is 2. The summed E-state index contributed by atoms with van der Waals surface area (Å²) in [6.07, 6.45) is 2.39. The molecule has 1 aromatic carbocycles. The Morgan fingerprint density at radius 3 is 2.35 bits per heavy atom. The molecular weight excluding hydrogens is 396 g/mol. The number of nitrogens with one attached hydrogen (secondary N) is 1. The molecule has 31 heavy (non-hydrogen) atoms. The van der Waals surface area contributed by atoms with Crippen molar-refractivity contribution < 1.29 is 14.3 Å². The van der Waals surface area contributed by atoms with Gasteiger partial charge >= 0.3 is 6.03 Å². The van der Waals surface area contributed by atoms with Gasteiger partial charge in [-0.3, -0.25) is 0 Å². The highest BCUT2D eigenvalue weighted by atomic mass is 16.5. The van der Waals surface area contributed by atoms with Crippen molar-refractivity contribution in [1.29, 1.82) is 0 Å². The monoisotopic (exact) mass is 426 g/mol. The second kappa shape index (κ2) is 9.28. The fraction of sp³-hybridized carbons (Fsp3) is 0.500. The number of carbonyl (C=O) groups excluding carboxylic acids is 1. The molecule has 0 aliphatic carbocycles. The van der Waals surface area contributed by atoms with Crippen molar-refractivity contribution in [1.82, 2.24) is 14.9 Å². The summed E-state index contributed by atoms with van der Waals surface area (Å²) in [6.45, 7) is 6.74. The fourth-order valence-electron chi connectivity index (χ4n) is 3.99. The van der Waals surface area contributed by atoms with Gasteiger partial charge < -0.3 is 29.5 Å². The van der Waals surface area contributed by atoms with Gasteiger partial charge in [-0.25, -0.2) is 9.78 Å². The SMILES string of the molecule is COc1ccc(NC(=O)N2CCN(c3cc(C)nc(N4CCCC4)n3)CC2)c(OC)c1. The van der Waals surface area contributed by atoms with E-state index in [1.807, 2.05) is 17.9 Å². The van der Waals surface area contributed by atoms with E-state index < -0.39 is 0 Å². The predicted octanol–water partition coefficient (Wildman–Crippen LogP) is 2.76. The highest BCUT2D eigenvalue weighted by Crippen LogP contribution is 2.29. The molecule has 2 fully saturated rings. The Labute approximate surface area is 183 Å². The normalized spacial score (nSPS) is 16.4. The number of nitrogens with zero attached hydrogens (tertiary/aromatic N) is 5. The van der Waals surface area contributed by atoms with Crippen LogP contribution >= 0.6 is 0 Å². The molecule has 0 unspecified atom stereocenters. The van der Waals surface area contributed by atoms with Crippen LogP contribution in [-0.4, -0.2) is 74.4 Å². The third kappa shape index (κ3) is 4.76. The number of aromatic nitrogens is 2. The van der Waals surface area contributed by atoms with Crippen molar-refractivity contribution in [3.63, 3.8) is 0 Å². The number of amides is 2. The van der Waals surface area contributed by atoms with E-state index in [0.29, 0.717) is 30.3 Å². The summed E-state index contributed by atoms with van der Waals surface area (Å²) in [5, 5.41) is 2.95. The van der Waals surface area contributed by atoms with Crippen molar-refractivity contribution in [3.8, 4) is 11.5 Å². The van der Waals surface area contributed by atoms with Gasteiger partial charge in [-0.05, 0) is 31.9 Å². The summed E-state index contributed by atoms with van der Waals surface area (Å²) in [6, 6.07) is 7.22. The molecule has 1 N–H and O–H groups in total. The van der Waals surface area contributed by atoms with E-state index in [9.17, 15) is 4.79 Å². The van der Waals surface area contributed by atoms with Crippen LogP contribution in [0.25, 0.3) is 0 Å². The number of hydrogen-bond donors (Lipinski definition) is 1. The van der Waals surface area contributed by atoms with Gasteiger partial charge in [0.15, 0.2) is 0 Å². The topological polar surface area (TPSA) is 83.1 Å². The van der Waals surface area contributed by atoms with E-state index in [4.69, 9.17) is 14.5 Å². The van der Waals surface area contributed by atoms with Gasteiger partial charge in [-0.15, -0.1) is 0 Å². The van der Waals surface area contributed by atoms with Crippen molar-refractivity contribution in [2.75, 3.05) is 68.6 Å². The molecule has 0 radical (unpaired) electrons. The highest BCUT2D eigenvalue weighted by Gasteiger charge is 2.24. The average Bonchev–Trinajstić information content (AvgIpc) is 3.34. The summed E-state index contributed by atoms with van der Waals surface area (Å²) in [5.41, 5.74) is 1.59. The van der Waals surface area contributed by atoms with Gasteiger partial charge in [0, 0.05) is 57.1 Å². The van der Waals surface area contributed by atoms with Crippen LogP contribution in [0.15, 0.2) is 24.3 Å². The van der Waals surface area contributed by atoms with Crippen LogP contribution < -0.4 is 24.6 Å². The number of carbonyl (C=O) groups is 1. The number of rotatable bonds is 5. The minimum atomic E-state index is -0.139. The lowest BCUT2D eigenvalue weighted by molar-refractivity contribution is 0.208. The first-order chi connectivity index (χ1) is 15.1. The third-order valence-corrected chi connectivity index (χ3v) is 5.76. The fourth-order valence-corrected chi connectivity index (χ4v) is 3.99. The van der Waals surface area contributed by atoms with Crippen molar-refractivity contribution in [3.05, 3.63) is 30.0 Å². The summed E-state index contributed by atoms with van der Waals surface area (Å²) >= 11 is 0. The molecule has 2 aliphatic heterocycles. The zero-order chi connectivity index (χ0) is 21.8. The number of benzene rings is 1. The first-order valence-corrected chi connectivity index (χ1v) is 10.7. The van der Waals surface area contributed by atoms with Gasteiger partial charge in [0.05, 0.1) is 19.9 Å². The molecule has 2 aromatic rings. The number of urea groups is 1. The number of hydrogen-bond acceptors (Lipinski definition) is 7. The average molecular weight is 427 g/mol. The van der Waals surface area contributed by atoms with Crippen molar-refractivity contribution in [2.45, 2.75) is 19.8 Å². The molecule has 9 heteroatoms. The minimum absolute atomic E-state index is 0.139. The smallest absolute Gasteiger partial charge is 0.322 e. The van der Waals surface area contributed by atoms with Crippen LogP contribution in [0.4, 0.5) is 22.2 Å². The van der Waals surface area contributed by atoms with Crippen LogP contribution in [-0.2, 0) is 0 Å². The summed E-state index contributed by atoms with van der Waals surface area (Å²) in [4.78, 5) is 28.5. The molecule has 0 bridgehead atoms. The maximum absolute atomic E-state index is 12.8. The molecular formula is C22H30N6O3. The third-order valence-electron chi connectivity index (χ3n) is 5.76. The van der Waals surface area contributed by atoms with Crippen molar-refractivity contribution in [2.24, 2.45) is 0 Å². The number of piperazine rings is 1. The van der Waals surface area contributed by atoms with E-state index in [1.165, 1.54) is 12.8 Å². The number of anilines is 3. The van der Waals surface area contributed by atoms with Gasteiger partial charge in [-0.1, -0.05) is 0 Å². The number of aryl methyl sites for hydroxylation is 1. The van der Waals surface area contributed by atoms with Gasteiger partial charge in [0.25, 0.3) is 0 Å². The molecule has 2 amide bonds. The first-order valence-electron chi connectivity index (χ1n) is 10.7. The summed E-state index contributed by atoms with van der Waals surface area (Å²) < 4.78 is 10.6. The van der Waals surface area contributed by atoms with Crippen LogP contribution in [0.2, 0.25) is 0 Å². The van der Waals surface area contributed by atoms with Crippen molar-refractivity contribution >= 4 is 23.5 Å². The molecule has 3 heterocycles. The van der Waals surface area contributed by atoms with E-state index in [-0.39, 0.29) is 6.03 Å². The summed E-state index contributed by atoms with van der Waals surface area (Å²) in [7, 11) is 3.17. The quantitative estimate of drug-likeness (QED) is 0.787. The maximum atomic E-state index is 12.8. The minimum Gasteiger partial charge on any atom is -0.497 e. The molecule has 166 valence electrons. The number of methoxy groups -OCH3 is 2. The molecule has 0 atom stereocenters. The Morgan fingerprint density at radius 2 is 1.68 bits per heavy atom. The zero-order valence-corrected chi connectivity index (χ0v) is 18.4. The van der Waals surface area contributed by atoms with E-state index in [0.717, 1.165) is 43.6 Å². The van der Waals surface area contributed by atoms with E-state index in [2.05, 4.69) is 20.1 Å². The maximum Gasteiger partial charge on any atom is 0.322 e. The lowest BCUT2D eigenvalue weighted by atomic mass is 10.2. The van der Waals surface area contributed by atoms with E-state index >= 15 is 0 Å². The van der Waals surface area contributed by atoms with Gasteiger partial charge in [0.1, 0.15) is 17.3 Å². The Hall–Kier alpha value is -3.23. The second-order valence-electron chi connectivity index (χ2n) is 7.83. The van der Waals surface area contributed by atoms with Gasteiger partial charge in [0.2, 0.25) is 5.95 Å². The first kappa shape index (κ1) is 21.0. The lowest BCUT2D eigenvalue weighted by Crippen LogP contribution is -2.50. The van der Waals surface area contributed by atoms with Gasteiger partial charge in [-0.2, -0.15) is 4.98 Å². The molecule has 0 saturated carbocycles. The predicted molar refractivity (Wildman–Crippen MR) is 121 cm³/mol. The Kier molecular flexibility index (Phi) is 6.29. The zero-order valence-electron chi connectivity index (χ0n) is 18.4. The Bertz CT molecular complexity index is 923. The molecule has 2 saturated heterocycles. The molecule has 2 aliphatic rings. The largest absolute Gasteiger partial charge is 0.497 e. The molecule has 1 aromatic heterocycles. The van der Waals surface area contributed by atoms with Crippen LogP contribution in [0, 0.1) is 6.92 Å². The van der Waals surface area contributed by atoms with Crippen LogP contribution in [0.5, 0.6) is 11.5 Å². The standard InChI is InChI=1S/C22H30N6O3/c1-16-14-20(25-21(23-16)27-8-4-5-9-27)26-10-12-28(13-11-26)22(29)24-18-7-6-17(30-2)15-19(18)31-3/h6-7,14-15H,4-5,8-13H2,1-3H3,(H,24,29). The highest BCUT2D eigenvalue weighted by molar-refractivity contribution is 5.91. The molecule has 4 rings (SSSR count). The van der Waals surface area contributed by atoms with Crippen LogP contribution in [0.3, 0.4) is 0 Å². The Morgan fingerprint density at radius 1 is 0.935 bits per heavy atom. The Balaban J connectivity index is 1.38. The van der Waals surface area contributed by atoms with E-state index in [1.54, 1.807) is 32.4 Å². The molecule has 9 nitrogen and oxygen atoms in total. The molecule has 0 spiro atoms.